The van der Waals surface area contributed by atoms with Gasteiger partial charge in [-0.2, -0.15) is 0 Å². The normalized spacial score (nSPS) is 22.2. The minimum absolute atomic E-state index is 0.150. The van der Waals surface area contributed by atoms with Gasteiger partial charge < -0.3 is 25.4 Å². The fraction of sp³-hybridized carbons (Fsp3) is 0.615. The smallest absolute Gasteiger partial charge is 0.326 e. The molecule has 4 N–H and O–H groups in total. The number of hydrogen-bond donors (Lipinski definition) is 4. The molecule has 116 valence electrons. The predicted molar refractivity (Wildman–Crippen MR) is 73.6 cm³/mol. The van der Waals surface area contributed by atoms with Crippen LogP contribution in [0.5, 0.6) is 0 Å². The Bertz CT molecular complexity index is 484. The first-order chi connectivity index (χ1) is 9.95. The first-order valence-corrected chi connectivity index (χ1v) is 6.85. The summed E-state index contributed by atoms with van der Waals surface area (Å²) in [5.41, 5.74) is 0.646. The SMILES string of the molecule is CN(CC1CC(O)C1)C(=O)N[C@@H](Cc1cnc[nH]1)C(=O)O. The Kier molecular flexibility index (Phi) is 4.79. The van der Waals surface area contributed by atoms with Crippen molar-refractivity contribution < 1.29 is 19.8 Å². The highest BCUT2D eigenvalue weighted by molar-refractivity contribution is 5.82. The van der Waals surface area contributed by atoms with Gasteiger partial charge in [0.15, 0.2) is 0 Å². The number of aliphatic hydroxyl groups is 1. The van der Waals surface area contributed by atoms with Crippen LogP contribution >= 0.6 is 0 Å². The van der Waals surface area contributed by atoms with Crippen LogP contribution < -0.4 is 5.32 Å². The highest BCUT2D eigenvalue weighted by Crippen LogP contribution is 2.27. The van der Waals surface area contributed by atoms with Gasteiger partial charge in [0, 0.05) is 31.9 Å². The van der Waals surface area contributed by atoms with Gasteiger partial charge in [0.2, 0.25) is 0 Å². The molecule has 0 aromatic carbocycles. The Labute approximate surface area is 122 Å². The maximum Gasteiger partial charge on any atom is 0.326 e. The summed E-state index contributed by atoms with van der Waals surface area (Å²) in [7, 11) is 1.62. The number of carboxylic acids is 1. The van der Waals surface area contributed by atoms with E-state index in [-0.39, 0.29) is 18.4 Å². The number of carbonyl (C=O) groups excluding carboxylic acids is 1. The molecule has 0 spiro atoms. The average Bonchev–Trinajstić information content (AvgIpc) is 2.88. The molecular formula is C13H20N4O4. The number of aromatic amines is 1. The molecule has 1 aliphatic carbocycles. The summed E-state index contributed by atoms with van der Waals surface area (Å²) in [6.45, 7) is 0.513. The second-order valence-corrected chi connectivity index (χ2v) is 5.49. The van der Waals surface area contributed by atoms with Crippen LogP contribution in [-0.4, -0.2) is 62.8 Å². The van der Waals surface area contributed by atoms with E-state index in [0.717, 1.165) is 0 Å². The molecule has 1 fully saturated rings. The number of imidazole rings is 1. The van der Waals surface area contributed by atoms with E-state index in [1.54, 1.807) is 7.05 Å². The lowest BCUT2D eigenvalue weighted by molar-refractivity contribution is -0.139. The lowest BCUT2D eigenvalue weighted by atomic mass is 9.82. The van der Waals surface area contributed by atoms with Gasteiger partial charge in [-0.3, -0.25) is 0 Å². The quantitative estimate of drug-likeness (QED) is 0.580. The van der Waals surface area contributed by atoms with Crippen molar-refractivity contribution in [1.82, 2.24) is 20.2 Å². The van der Waals surface area contributed by atoms with E-state index in [2.05, 4.69) is 15.3 Å². The number of H-pyrrole nitrogens is 1. The van der Waals surface area contributed by atoms with Crippen molar-refractivity contribution in [1.29, 1.82) is 0 Å². The third-order valence-corrected chi connectivity index (χ3v) is 3.66. The second-order valence-electron chi connectivity index (χ2n) is 5.49. The monoisotopic (exact) mass is 296 g/mol. The molecule has 0 saturated heterocycles. The molecule has 8 heteroatoms. The van der Waals surface area contributed by atoms with Crippen molar-refractivity contribution in [3.05, 3.63) is 18.2 Å². The number of aromatic nitrogens is 2. The zero-order valence-corrected chi connectivity index (χ0v) is 11.8. The summed E-state index contributed by atoms with van der Waals surface area (Å²) >= 11 is 0. The molecule has 1 aromatic rings. The molecule has 1 atom stereocenters. The number of nitrogens with zero attached hydrogens (tertiary/aromatic N) is 2. The minimum Gasteiger partial charge on any atom is -0.480 e. The number of nitrogens with one attached hydrogen (secondary N) is 2. The lowest BCUT2D eigenvalue weighted by Gasteiger charge is -2.34. The van der Waals surface area contributed by atoms with Gasteiger partial charge in [-0.15, -0.1) is 0 Å². The van der Waals surface area contributed by atoms with E-state index in [1.165, 1.54) is 17.4 Å². The average molecular weight is 296 g/mol. The molecule has 1 saturated carbocycles. The summed E-state index contributed by atoms with van der Waals surface area (Å²) in [4.78, 5) is 31.3. The fourth-order valence-corrected chi connectivity index (χ4v) is 2.40. The van der Waals surface area contributed by atoms with Gasteiger partial charge in [0.05, 0.1) is 12.4 Å². The van der Waals surface area contributed by atoms with Crippen molar-refractivity contribution in [3.8, 4) is 0 Å². The van der Waals surface area contributed by atoms with E-state index in [1.807, 2.05) is 0 Å². The van der Waals surface area contributed by atoms with Gasteiger partial charge in [-0.1, -0.05) is 0 Å². The van der Waals surface area contributed by atoms with E-state index in [0.29, 0.717) is 25.1 Å². The molecule has 0 radical (unpaired) electrons. The van der Waals surface area contributed by atoms with E-state index in [9.17, 15) is 19.8 Å². The number of hydrogen-bond acceptors (Lipinski definition) is 4. The summed E-state index contributed by atoms with van der Waals surface area (Å²) in [5, 5.41) is 20.9. The highest BCUT2D eigenvalue weighted by atomic mass is 16.4. The number of amides is 2. The standard InChI is InChI=1S/C13H20N4O4/c1-17(6-8-2-10(18)3-8)13(21)16-11(12(19)20)4-9-5-14-7-15-9/h5,7-8,10-11,18H,2-4,6H2,1H3,(H,14,15)(H,16,21)(H,19,20)/t8?,10?,11-/m0/s1. The van der Waals surface area contributed by atoms with Gasteiger partial charge in [0.1, 0.15) is 6.04 Å². The first-order valence-electron chi connectivity index (χ1n) is 6.85. The molecular weight excluding hydrogens is 276 g/mol. The van der Waals surface area contributed by atoms with Crippen LogP contribution in [0.3, 0.4) is 0 Å². The predicted octanol–water partition coefficient (Wildman–Crippen LogP) is -0.182. The van der Waals surface area contributed by atoms with Crippen molar-refractivity contribution in [2.24, 2.45) is 5.92 Å². The topological polar surface area (TPSA) is 119 Å². The molecule has 1 aromatic heterocycles. The Morgan fingerprint density at radius 2 is 2.29 bits per heavy atom. The number of urea groups is 1. The lowest BCUT2D eigenvalue weighted by Crippen LogP contribution is -2.49. The number of aliphatic carboxylic acids is 1. The van der Waals surface area contributed by atoms with Gasteiger partial charge in [-0.25, -0.2) is 14.6 Å². The van der Waals surface area contributed by atoms with Crippen LogP contribution in [-0.2, 0) is 11.2 Å². The summed E-state index contributed by atoms with van der Waals surface area (Å²) in [5.74, 6) is -0.808. The van der Waals surface area contributed by atoms with E-state index >= 15 is 0 Å². The van der Waals surface area contributed by atoms with Crippen molar-refractivity contribution in [2.75, 3.05) is 13.6 Å². The number of aliphatic hydroxyl groups excluding tert-OH is 1. The van der Waals surface area contributed by atoms with Crippen molar-refractivity contribution in [3.63, 3.8) is 0 Å². The maximum atomic E-state index is 12.0. The van der Waals surface area contributed by atoms with Crippen LogP contribution in [0.2, 0.25) is 0 Å². The molecule has 2 amide bonds. The number of rotatable bonds is 6. The van der Waals surface area contributed by atoms with Crippen LogP contribution in [0.1, 0.15) is 18.5 Å². The van der Waals surface area contributed by atoms with Gasteiger partial charge in [0.25, 0.3) is 0 Å². The molecule has 8 nitrogen and oxygen atoms in total. The molecule has 0 bridgehead atoms. The molecule has 1 heterocycles. The van der Waals surface area contributed by atoms with Gasteiger partial charge >= 0.3 is 12.0 Å². The highest BCUT2D eigenvalue weighted by Gasteiger charge is 2.30. The molecule has 0 aliphatic heterocycles. The van der Waals surface area contributed by atoms with Crippen LogP contribution in [0.4, 0.5) is 4.79 Å². The van der Waals surface area contributed by atoms with Crippen molar-refractivity contribution in [2.45, 2.75) is 31.4 Å². The Balaban J connectivity index is 1.84. The Morgan fingerprint density at radius 1 is 1.57 bits per heavy atom. The summed E-state index contributed by atoms with van der Waals surface area (Å²) in [6, 6.07) is -1.43. The van der Waals surface area contributed by atoms with Crippen LogP contribution in [0.25, 0.3) is 0 Å². The summed E-state index contributed by atoms with van der Waals surface area (Å²) < 4.78 is 0. The maximum absolute atomic E-state index is 12.0. The van der Waals surface area contributed by atoms with Crippen LogP contribution in [0.15, 0.2) is 12.5 Å². The largest absolute Gasteiger partial charge is 0.480 e. The third-order valence-electron chi connectivity index (χ3n) is 3.66. The molecule has 0 unspecified atom stereocenters. The zero-order valence-electron chi connectivity index (χ0n) is 11.8. The van der Waals surface area contributed by atoms with Crippen molar-refractivity contribution >= 4 is 12.0 Å². The first kappa shape index (κ1) is 15.3. The minimum atomic E-state index is -1.09. The molecule has 2 rings (SSSR count). The fourth-order valence-electron chi connectivity index (χ4n) is 2.40. The number of carbonyl (C=O) groups is 2. The Morgan fingerprint density at radius 3 is 2.81 bits per heavy atom. The van der Waals surface area contributed by atoms with E-state index < -0.39 is 18.0 Å². The summed E-state index contributed by atoms with van der Waals surface area (Å²) in [6.07, 6.45) is 4.25. The van der Waals surface area contributed by atoms with Gasteiger partial charge in [-0.05, 0) is 18.8 Å². The molecule has 21 heavy (non-hydrogen) atoms. The molecule has 1 aliphatic rings. The van der Waals surface area contributed by atoms with E-state index in [4.69, 9.17) is 0 Å². The number of carboxylic acid groups (broad SMARTS) is 1. The van der Waals surface area contributed by atoms with Crippen LogP contribution in [0, 0.1) is 5.92 Å². The third kappa shape index (κ3) is 4.19. The Hall–Kier alpha value is -2.09. The second kappa shape index (κ2) is 6.57. The zero-order chi connectivity index (χ0) is 15.4.